The maximum atomic E-state index is 4.61. The van der Waals surface area contributed by atoms with Gasteiger partial charge in [0.05, 0.1) is 0 Å². The largest absolute Gasteiger partial charge is 0.402 e. The van der Waals surface area contributed by atoms with Crippen LogP contribution in [-0.4, -0.2) is 38.3 Å². The normalized spacial score (nSPS) is 7.50. The van der Waals surface area contributed by atoms with Crippen LogP contribution in [0.3, 0.4) is 0 Å². The minimum Gasteiger partial charge on any atom is -0.402 e. The van der Waals surface area contributed by atoms with Gasteiger partial charge in [0.15, 0.2) is 0 Å². The fraction of sp³-hybridized carbons (Fsp3) is 1.00. The standard InChI is InChI=1S/C2H7N.C2H8O2Si/c1-3-2;1-3-5-4-2/h3H,1-2H3;5H2,1-2H3. The van der Waals surface area contributed by atoms with E-state index in [2.05, 4.69) is 14.2 Å². The van der Waals surface area contributed by atoms with Crippen LogP contribution in [0.25, 0.3) is 0 Å². The topological polar surface area (TPSA) is 30.5 Å². The predicted octanol–water partition coefficient (Wildman–Crippen LogP) is -0.886. The summed E-state index contributed by atoms with van der Waals surface area (Å²) in [4.78, 5) is 0. The number of nitrogens with one attached hydrogen (secondary N) is 1. The molecule has 0 spiro atoms. The maximum Gasteiger partial charge on any atom is 0.303 e. The molecule has 0 saturated heterocycles. The van der Waals surface area contributed by atoms with E-state index in [0.29, 0.717) is 0 Å². The lowest BCUT2D eigenvalue weighted by Crippen LogP contribution is -1.93. The highest BCUT2D eigenvalue weighted by molar-refractivity contribution is 6.17. The summed E-state index contributed by atoms with van der Waals surface area (Å²) in [6, 6.07) is 0. The van der Waals surface area contributed by atoms with Crippen molar-refractivity contribution in [3.8, 4) is 0 Å². The van der Waals surface area contributed by atoms with Gasteiger partial charge in [-0.1, -0.05) is 0 Å². The summed E-state index contributed by atoms with van der Waals surface area (Å²) in [7, 11) is 6.48. The van der Waals surface area contributed by atoms with Gasteiger partial charge in [-0.2, -0.15) is 0 Å². The minimum atomic E-state index is -0.568. The first-order chi connectivity index (χ1) is 3.83. The van der Waals surface area contributed by atoms with Crippen LogP contribution in [0.5, 0.6) is 0 Å². The van der Waals surface area contributed by atoms with E-state index < -0.39 is 10.0 Å². The second-order valence-electron chi connectivity index (χ2n) is 1.20. The van der Waals surface area contributed by atoms with E-state index in [1.165, 1.54) is 0 Å². The van der Waals surface area contributed by atoms with E-state index in [0.717, 1.165) is 0 Å². The Morgan fingerprint density at radius 3 is 1.38 bits per heavy atom. The molecule has 0 atom stereocenters. The first kappa shape index (κ1) is 11.0. The van der Waals surface area contributed by atoms with Gasteiger partial charge in [0.25, 0.3) is 0 Å². The SMILES string of the molecule is CNC.CO[SiH2]OC. The molecule has 0 heterocycles. The first-order valence-electron chi connectivity index (χ1n) is 2.39. The van der Waals surface area contributed by atoms with Crippen LogP contribution in [0.15, 0.2) is 0 Å². The van der Waals surface area contributed by atoms with Crippen molar-refractivity contribution < 1.29 is 8.85 Å². The molecule has 52 valence electrons. The molecule has 8 heavy (non-hydrogen) atoms. The van der Waals surface area contributed by atoms with Gasteiger partial charge in [-0.3, -0.25) is 0 Å². The molecule has 0 radical (unpaired) electrons. The summed E-state index contributed by atoms with van der Waals surface area (Å²) in [6.45, 7) is 0. The molecule has 0 aromatic rings. The third-order valence-corrected chi connectivity index (χ3v) is 0.707. The summed E-state index contributed by atoms with van der Waals surface area (Å²) in [5.74, 6) is 0. The molecule has 1 N–H and O–H groups in total. The molecule has 3 nitrogen and oxygen atoms in total. The lowest BCUT2D eigenvalue weighted by atomic mass is 11.3. The van der Waals surface area contributed by atoms with E-state index in [9.17, 15) is 0 Å². The fourth-order valence-electron chi connectivity index (χ4n) is 0.118. The smallest absolute Gasteiger partial charge is 0.303 e. The van der Waals surface area contributed by atoms with Crippen molar-refractivity contribution in [3.05, 3.63) is 0 Å². The summed E-state index contributed by atoms with van der Waals surface area (Å²) in [5, 5.41) is 2.75. The summed E-state index contributed by atoms with van der Waals surface area (Å²) < 4.78 is 9.22. The molecule has 0 aliphatic rings. The Balaban J connectivity index is 0. The molecule has 0 aromatic carbocycles. The zero-order chi connectivity index (χ0) is 6.83. The molecular weight excluding hydrogens is 122 g/mol. The maximum absolute atomic E-state index is 4.61. The fourth-order valence-corrected chi connectivity index (χ4v) is 0.354. The third kappa shape index (κ3) is 36.0. The van der Waals surface area contributed by atoms with Gasteiger partial charge in [0.1, 0.15) is 0 Å². The van der Waals surface area contributed by atoms with Crippen molar-refractivity contribution in [2.24, 2.45) is 0 Å². The lowest BCUT2D eigenvalue weighted by Gasteiger charge is -1.86. The van der Waals surface area contributed by atoms with Crippen molar-refractivity contribution in [1.29, 1.82) is 0 Å². The minimum absolute atomic E-state index is 0.568. The van der Waals surface area contributed by atoms with E-state index in [1.54, 1.807) is 14.2 Å². The Morgan fingerprint density at radius 2 is 1.38 bits per heavy atom. The number of rotatable bonds is 2. The second-order valence-corrected chi connectivity index (χ2v) is 2.59. The lowest BCUT2D eigenvalue weighted by molar-refractivity contribution is 0.309. The predicted molar refractivity (Wildman–Crippen MR) is 37.5 cm³/mol. The van der Waals surface area contributed by atoms with Gasteiger partial charge in [0.2, 0.25) is 0 Å². The van der Waals surface area contributed by atoms with Crippen molar-refractivity contribution in [2.75, 3.05) is 28.3 Å². The average molecular weight is 137 g/mol. The summed E-state index contributed by atoms with van der Waals surface area (Å²) in [5.41, 5.74) is 0. The van der Waals surface area contributed by atoms with Gasteiger partial charge in [-0.15, -0.1) is 0 Å². The van der Waals surface area contributed by atoms with Crippen molar-refractivity contribution in [2.45, 2.75) is 0 Å². The second kappa shape index (κ2) is 15.7. The van der Waals surface area contributed by atoms with Crippen LogP contribution < -0.4 is 5.32 Å². The van der Waals surface area contributed by atoms with Gasteiger partial charge >= 0.3 is 10.0 Å². The van der Waals surface area contributed by atoms with Gasteiger partial charge in [0, 0.05) is 14.2 Å². The van der Waals surface area contributed by atoms with Crippen LogP contribution in [0, 0.1) is 0 Å². The van der Waals surface area contributed by atoms with Crippen LogP contribution in [0.4, 0.5) is 0 Å². The molecule has 0 rings (SSSR count). The van der Waals surface area contributed by atoms with Crippen molar-refractivity contribution in [1.82, 2.24) is 5.32 Å². The molecule has 0 fully saturated rings. The zero-order valence-corrected chi connectivity index (χ0v) is 7.44. The Morgan fingerprint density at radius 1 is 1.12 bits per heavy atom. The van der Waals surface area contributed by atoms with Gasteiger partial charge in [-0.25, -0.2) is 0 Å². The van der Waals surface area contributed by atoms with E-state index in [1.807, 2.05) is 14.1 Å². The summed E-state index contributed by atoms with van der Waals surface area (Å²) in [6.07, 6.45) is 0. The highest BCUT2D eigenvalue weighted by atomic mass is 28.3. The average Bonchev–Trinajstić information content (AvgIpc) is 1.71. The molecule has 0 aliphatic carbocycles. The Bertz CT molecular complexity index is 28.0. The summed E-state index contributed by atoms with van der Waals surface area (Å²) >= 11 is 0. The Labute approximate surface area is 53.4 Å². The van der Waals surface area contributed by atoms with Crippen molar-refractivity contribution in [3.63, 3.8) is 0 Å². The first-order valence-corrected chi connectivity index (χ1v) is 3.55. The highest BCUT2D eigenvalue weighted by Gasteiger charge is 1.67. The van der Waals surface area contributed by atoms with E-state index in [-0.39, 0.29) is 0 Å². The quantitative estimate of drug-likeness (QED) is 0.501. The third-order valence-electron chi connectivity index (χ3n) is 0.236. The van der Waals surface area contributed by atoms with E-state index in [4.69, 9.17) is 0 Å². The van der Waals surface area contributed by atoms with Crippen molar-refractivity contribution >= 4 is 10.0 Å². The van der Waals surface area contributed by atoms with Gasteiger partial charge in [-0.05, 0) is 14.1 Å². The number of hydrogen-bond acceptors (Lipinski definition) is 3. The molecule has 0 amide bonds. The molecule has 0 aliphatic heterocycles. The monoisotopic (exact) mass is 137 g/mol. The van der Waals surface area contributed by atoms with Crippen LogP contribution in [0.2, 0.25) is 0 Å². The van der Waals surface area contributed by atoms with E-state index >= 15 is 0 Å². The van der Waals surface area contributed by atoms with Gasteiger partial charge < -0.3 is 14.2 Å². The molecule has 0 saturated carbocycles. The molecule has 0 unspecified atom stereocenters. The van der Waals surface area contributed by atoms with Crippen LogP contribution in [0.1, 0.15) is 0 Å². The Hall–Kier alpha value is 0.0969. The highest BCUT2D eigenvalue weighted by Crippen LogP contribution is 1.55. The molecule has 0 bridgehead atoms. The number of hydrogen-bond donors (Lipinski definition) is 1. The Kier molecular flexibility index (Phi) is 21.6. The molecular formula is C4H15NO2Si. The molecule has 0 aromatic heterocycles. The zero-order valence-electron chi connectivity index (χ0n) is 6.02. The molecule has 4 heteroatoms. The van der Waals surface area contributed by atoms with Crippen LogP contribution in [-0.2, 0) is 8.85 Å². The van der Waals surface area contributed by atoms with Crippen LogP contribution >= 0.6 is 0 Å².